The van der Waals surface area contributed by atoms with E-state index < -0.39 is 22.1 Å². The number of nitrogens with zero attached hydrogens (tertiary/aromatic N) is 2. The quantitative estimate of drug-likeness (QED) is 0.592. The van der Waals surface area contributed by atoms with E-state index in [1.807, 2.05) is 0 Å². The first-order chi connectivity index (χ1) is 8.88. The number of hydrogen-bond donors (Lipinski definition) is 2. The van der Waals surface area contributed by atoms with E-state index in [1.165, 1.54) is 31.1 Å². The number of aromatic carboxylic acids is 1. The SMILES string of the molecule is CNC(=O)CN(C)c1cccc(C(=O)O)c1[N+](=O)[O-]. The zero-order valence-corrected chi connectivity index (χ0v) is 10.4. The molecule has 0 fully saturated rings. The Morgan fingerprint density at radius 2 is 2.11 bits per heavy atom. The number of anilines is 1. The molecule has 8 heteroatoms. The Bertz CT molecular complexity index is 529. The van der Waals surface area contributed by atoms with Crippen LogP contribution >= 0.6 is 0 Å². The molecule has 0 bridgehead atoms. The standard InChI is InChI=1S/C11H13N3O5/c1-12-9(15)6-13(2)8-5-3-4-7(11(16)17)10(8)14(18)19/h3-5H,6H2,1-2H3,(H,12,15)(H,16,17). The highest BCUT2D eigenvalue weighted by molar-refractivity contribution is 5.96. The molecule has 1 aromatic carbocycles. The molecule has 1 amide bonds. The number of hydrogen-bond acceptors (Lipinski definition) is 5. The molecule has 0 aliphatic carbocycles. The molecular formula is C11H13N3O5. The Labute approximate surface area is 108 Å². The van der Waals surface area contributed by atoms with Gasteiger partial charge in [-0.1, -0.05) is 6.07 Å². The third-order valence-corrected chi connectivity index (χ3v) is 2.50. The first-order valence-corrected chi connectivity index (χ1v) is 5.31. The smallest absolute Gasteiger partial charge is 0.342 e. The van der Waals surface area contributed by atoms with Gasteiger partial charge in [0.25, 0.3) is 0 Å². The highest BCUT2D eigenvalue weighted by Crippen LogP contribution is 2.31. The van der Waals surface area contributed by atoms with Crippen LogP contribution < -0.4 is 10.2 Å². The third kappa shape index (κ3) is 3.18. The van der Waals surface area contributed by atoms with Crippen LogP contribution in [-0.2, 0) is 4.79 Å². The number of amides is 1. The first kappa shape index (κ1) is 14.4. The average molecular weight is 267 g/mol. The van der Waals surface area contributed by atoms with E-state index >= 15 is 0 Å². The fraction of sp³-hybridized carbons (Fsp3) is 0.273. The molecule has 0 saturated carbocycles. The van der Waals surface area contributed by atoms with Gasteiger partial charge in [-0.25, -0.2) is 4.79 Å². The summed E-state index contributed by atoms with van der Waals surface area (Å²) in [5.41, 5.74) is -0.860. The molecular weight excluding hydrogens is 254 g/mol. The van der Waals surface area contributed by atoms with Crippen molar-refractivity contribution in [2.24, 2.45) is 0 Å². The third-order valence-electron chi connectivity index (χ3n) is 2.50. The Morgan fingerprint density at radius 1 is 1.47 bits per heavy atom. The van der Waals surface area contributed by atoms with Gasteiger partial charge in [-0.2, -0.15) is 0 Å². The van der Waals surface area contributed by atoms with Crippen molar-refractivity contribution in [3.8, 4) is 0 Å². The van der Waals surface area contributed by atoms with Gasteiger partial charge in [0, 0.05) is 14.1 Å². The van der Waals surface area contributed by atoms with Crippen molar-refractivity contribution in [2.45, 2.75) is 0 Å². The van der Waals surface area contributed by atoms with Gasteiger partial charge < -0.3 is 15.3 Å². The monoisotopic (exact) mass is 267 g/mol. The number of carbonyl (C=O) groups excluding carboxylic acids is 1. The largest absolute Gasteiger partial charge is 0.477 e. The number of benzene rings is 1. The Balaban J connectivity index is 3.27. The summed E-state index contributed by atoms with van der Waals surface area (Å²) in [6.45, 7) is -0.111. The average Bonchev–Trinajstić information content (AvgIpc) is 2.37. The number of likely N-dealkylation sites (N-methyl/N-ethyl adjacent to an activating group) is 2. The van der Waals surface area contributed by atoms with Gasteiger partial charge in [-0.05, 0) is 12.1 Å². The van der Waals surface area contributed by atoms with Gasteiger partial charge >= 0.3 is 11.7 Å². The fourth-order valence-electron chi connectivity index (χ4n) is 1.58. The normalized spacial score (nSPS) is 9.79. The van der Waals surface area contributed by atoms with Crippen molar-refractivity contribution >= 4 is 23.3 Å². The predicted molar refractivity (Wildman–Crippen MR) is 67.4 cm³/mol. The Hall–Kier alpha value is -2.64. The summed E-state index contributed by atoms with van der Waals surface area (Å²) in [5.74, 6) is -1.72. The lowest BCUT2D eigenvalue weighted by atomic mass is 10.1. The van der Waals surface area contributed by atoms with E-state index in [1.54, 1.807) is 0 Å². The summed E-state index contributed by atoms with van der Waals surface area (Å²) in [4.78, 5) is 33.8. The zero-order chi connectivity index (χ0) is 14.6. The number of carboxylic acid groups (broad SMARTS) is 1. The second-order valence-electron chi connectivity index (χ2n) is 3.76. The molecule has 19 heavy (non-hydrogen) atoms. The molecule has 8 nitrogen and oxygen atoms in total. The maximum atomic E-state index is 11.3. The molecule has 0 heterocycles. The molecule has 102 valence electrons. The van der Waals surface area contributed by atoms with E-state index in [9.17, 15) is 19.7 Å². The van der Waals surface area contributed by atoms with E-state index in [-0.39, 0.29) is 18.1 Å². The van der Waals surface area contributed by atoms with Crippen LogP contribution in [0, 0.1) is 10.1 Å². The molecule has 2 N–H and O–H groups in total. The number of nitrogens with one attached hydrogen (secondary N) is 1. The van der Waals surface area contributed by atoms with Crippen molar-refractivity contribution in [3.63, 3.8) is 0 Å². The fourth-order valence-corrected chi connectivity index (χ4v) is 1.58. The van der Waals surface area contributed by atoms with Gasteiger partial charge in [0.15, 0.2) is 0 Å². The summed E-state index contributed by atoms with van der Waals surface area (Å²) in [7, 11) is 2.92. The molecule has 0 atom stereocenters. The number of carbonyl (C=O) groups is 2. The van der Waals surface area contributed by atoms with Gasteiger partial charge in [0.1, 0.15) is 11.3 Å². The van der Waals surface area contributed by atoms with Gasteiger partial charge in [-0.3, -0.25) is 14.9 Å². The summed E-state index contributed by atoms with van der Waals surface area (Å²) in [6.07, 6.45) is 0. The van der Waals surface area contributed by atoms with Crippen LogP contribution in [0.4, 0.5) is 11.4 Å². The zero-order valence-electron chi connectivity index (χ0n) is 10.4. The van der Waals surface area contributed by atoms with E-state index in [2.05, 4.69) is 5.32 Å². The van der Waals surface area contributed by atoms with Crippen LogP contribution in [-0.4, -0.2) is 42.5 Å². The van der Waals surface area contributed by atoms with Crippen LogP contribution in [0.1, 0.15) is 10.4 Å². The Morgan fingerprint density at radius 3 is 2.58 bits per heavy atom. The van der Waals surface area contributed by atoms with Crippen LogP contribution in [0.25, 0.3) is 0 Å². The number of para-hydroxylation sites is 1. The van der Waals surface area contributed by atoms with E-state index in [0.717, 1.165) is 6.07 Å². The lowest BCUT2D eigenvalue weighted by molar-refractivity contribution is -0.384. The topological polar surface area (TPSA) is 113 Å². The summed E-state index contributed by atoms with van der Waals surface area (Å²) in [6, 6.07) is 3.94. The molecule has 0 aromatic heterocycles. The van der Waals surface area contributed by atoms with Crippen LogP contribution in [0.3, 0.4) is 0 Å². The number of carboxylic acids is 1. The number of nitro benzene ring substituents is 1. The van der Waals surface area contributed by atoms with Crippen LogP contribution in [0.15, 0.2) is 18.2 Å². The van der Waals surface area contributed by atoms with Gasteiger partial charge in [0.05, 0.1) is 11.5 Å². The lowest BCUT2D eigenvalue weighted by Crippen LogP contribution is -2.33. The summed E-state index contributed by atoms with van der Waals surface area (Å²) < 4.78 is 0. The minimum absolute atomic E-state index is 0.0773. The second-order valence-corrected chi connectivity index (χ2v) is 3.76. The number of nitro groups is 1. The molecule has 0 saturated heterocycles. The van der Waals surface area contributed by atoms with Crippen molar-refractivity contribution in [3.05, 3.63) is 33.9 Å². The minimum atomic E-state index is -1.39. The lowest BCUT2D eigenvalue weighted by Gasteiger charge is -2.18. The van der Waals surface area contributed by atoms with E-state index in [0.29, 0.717) is 0 Å². The second kappa shape index (κ2) is 5.80. The Kier molecular flexibility index (Phi) is 4.41. The van der Waals surface area contributed by atoms with Crippen molar-refractivity contribution in [1.82, 2.24) is 5.32 Å². The highest BCUT2D eigenvalue weighted by atomic mass is 16.6. The maximum Gasteiger partial charge on any atom is 0.342 e. The summed E-state index contributed by atoms with van der Waals surface area (Å²) >= 11 is 0. The molecule has 0 aliphatic heterocycles. The molecule has 0 aliphatic rings. The van der Waals surface area contributed by atoms with Crippen molar-refractivity contribution < 1.29 is 19.6 Å². The molecule has 0 radical (unpaired) electrons. The highest BCUT2D eigenvalue weighted by Gasteiger charge is 2.26. The van der Waals surface area contributed by atoms with Crippen molar-refractivity contribution in [2.75, 3.05) is 25.5 Å². The molecule has 1 rings (SSSR count). The van der Waals surface area contributed by atoms with Gasteiger partial charge in [0.2, 0.25) is 5.91 Å². The first-order valence-electron chi connectivity index (χ1n) is 5.31. The minimum Gasteiger partial charge on any atom is -0.477 e. The van der Waals surface area contributed by atoms with E-state index in [4.69, 9.17) is 5.11 Å². The van der Waals surface area contributed by atoms with Gasteiger partial charge in [-0.15, -0.1) is 0 Å². The summed E-state index contributed by atoms with van der Waals surface area (Å²) in [5, 5.41) is 22.4. The van der Waals surface area contributed by atoms with Crippen LogP contribution in [0.2, 0.25) is 0 Å². The van der Waals surface area contributed by atoms with Crippen molar-refractivity contribution in [1.29, 1.82) is 0 Å². The van der Waals surface area contributed by atoms with Crippen LogP contribution in [0.5, 0.6) is 0 Å². The number of rotatable bonds is 5. The molecule has 1 aromatic rings. The molecule has 0 spiro atoms. The predicted octanol–water partition coefficient (Wildman–Crippen LogP) is 0.475. The maximum absolute atomic E-state index is 11.3. The molecule has 0 unspecified atom stereocenters.